The van der Waals surface area contributed by atoms with Gasteiger partial charge in [0, 0.05) is 29.0 Å². The van der Waals surface area contributed by atoms with Crippen LogP contribution in [0.5, 0.6) is 5.75 Å². The molecule has 0 aliphatic carbocycles. The summed E-state index contributed by atoms with van der Waals surface area (Å²) in [7, 11) is 0. The van der Waals surface area contributed by atoms with Crippen LogP contribution < -0.4 is 4.74 Å². The van der Waals surface area contributed by atoms with Gasteiger partial charge in [-0.25, -0.2) is 18.6 Å². The molecule has 4 nitrogen and oxygen atoms in total. The molecule has 1 aromatic heterocycles. The smallest absolute Gasteiger partial charge is 0.355 e. The molecule has 2 aromatic carbocycles. The summed E-state index contributed by atoms with van der Waals surface area (Å²) in [6, 6.07) is 8.90. The van der Waals surface area contributed by atoms with Gasteiger partial charge >= 0.3 is 5.97 Å². The Kier molecular flexibility index (Phi) is 5.27. The lowest BCUT2D eigenvalue weighted by molar-refractivity contribution is 0.0691. The van der Waals surface area contributed by atoms with Crippen molar-refractivity contribution in [1.29, 1.82) is 0 Å². The fourth-order valence-corrected chi connectivity index (χ4v) is 3.23. The Morgan fingerprint density at radius 3 is 2.69 bits per heavy atom. The van der Waals surface area contributed by atoms with E-state index in [4.69, 9.17) is 9.84 Å². The summed E-state index contributed by atoms with van der Waals surface area (Å²) in [5.74, 6) is -1.82. The topological polar surface area (TPSA) is 59.4 Å². The Labute approximate surface area is 152 Å². The third-order valence-electron chi connectivity index (χ3n) is 3.73. The average molecular weight is 375 g/mol. The van der Waals surface area contributed by atoms with E-state index in [0.717, 1.165) is 17.2 Å². The number of aromatic carboxylic acids is 1. The molecule has 0 saturated heterocycles. The Hall–Kier alpha value is -2.80. The third-order valence-corrected chi connectivity index (χ3v) is 4.58. The highest BCUT2D eigenvalue weighted by atomic mass is 32.1. The van der Waals surface area contributed by atoms with Crippen molar-refractivity contribution in [2.24, 2.45) is 0 Å². The van der Waals surface area contributed by atoms with Crippen LogP contribution in [0.25, 0.3) is 0 Å². The zero-order chi connectivity index (χ0) is 18.7. The van der Waals surface area contributed by atoms with E-state index in [1.54, 1.807) is 6.07 Å². The minimum absolute atomic E-state index is 0.00787. The van der Waals surface area contributed by atoms with Gasteiger partial charge in [-0.2, -0.15) is 0 Å². The molecule has 0 fully saturated rings. The lowest BCUT2D eigenvalue weighted by Gasteiger charge is -2.12. The van der Waals surface area contributed by atoms with Crippen molar-refractivity contribution < 1.29 is 23.4 Å². The van der Waals surface area contributed by atoms with Crippen molar-refractivity contribution in [3.63, 3.8) is 0 Å². The Balaban J connectivity index is 1.79. The lowest BCUT2D eigenvalue weighted by Crippen LogP contribution is -2.02. The molecule has 0 spiro atoms. The van der Waals surface area contributed by atoms with E-state index in [0.29, 0.717) is 17.2 Å². The highest BCUT2D eigenvalue weighted by Crippen LogP contribution is 2.26. The SMILES string of the molecule is Cc1ccc(OCc2ccc(F)cc2F)c(Cc2nc(C(=O)O)cs2)c1. The molecule has 0 radical (unpaired) electrons. The number of aryl methyl sites for hydroxylation is 1. The number of aromatic nitrogens is 1. The van der Waals surface area contributed by atoms with Gasteiger partial charge < -0.3 is 9.84 Å². The molecule has 0 aliphatic rings. The van der Waals surface area contributed by atoms with Crippen molar-refractivity contribution >= 4 is 17.3 Å². The van der Waals surface area contributed by atoms with Crippen LogP contribution in [0.2, 0.25) is 0 Å². The zero-order valence-electron chi connectivity index (χ0n) is 13.8. The number of rotatable bonds is 6. The van der Waals surface area contributed by atoms with Crippen LogP contribution in [-0.4, -0.2) is 16.1 Å². The predicted molar refractivity (Wildman–Crippen MR) is 93.7 cm³/mol. The summed E-state index contributed by atoms with van der Waals surface area (Å²) in [5, 5.41) is 11.1. The molecule has 0 bridgehead atoms. The number of nitrogens with zero attached hydrogens (tertiary/aromatic N) is 1. The van der Waals surface area contributed by atoms with Gasteiger partial charge in [-0.3, -0.25) is 0 Å². The van der Waals surface area contributed by atoms with Crippen molar-refractivity contribution in [3.8, 4) is 5.75 Å². The highest BCUT2D eigenvalue weighted by molar-refractivity contribution is 7.09. The molecule has 0 amide bonds. The molecule has 3 rings (SSSR count). The van der Waals surface area contributed by atoms with Crippen molar-refractivity contribution in [2.75, 3.05) is 0 Å². The van der Waals surface area contributed by atoms with E-state index in [1.807, 2.05) is 19.1 Å². The Morgan fingerprint density at radius 2 is 2.00 bits per heavy atom. The van der Waals surface area contributed by atoms with Gasteiger partial charge in [-0.15, -0.1) is 11.3 Å². The van der Waals surface area contributed by atoms with Gasteiger partial charge in [0.1, 0.15) is 24.0 Å². The van der Waals surface area contributed by atoms with Gasteiger partial charge in [-0.1, -0.05) is 17.7 Å². The van der Waals surface area contributed by atoms with Gasteiger partial charge in [0.05, 0.1) is 5.01 Å². The van der Waals surface area contributed by atoms with Crippen LogP contribution in [0.1, 0.15) is 32.2 Å². The molecule has 26 heavy (non-hydrogen) atoms. The van der Waals surface area contributed by atoms with E-state index < -0.39 is 17.6 Å². The monoisotopic (exact) mass is 375 g/mol. The molecule has 7 heteroatoms. The van der Waals surface area contributed by atoms with Gasteiger partial charge in [0.15, 0.2) is 5.69 Å². The number of carbonyl (C=O) groups is 1. The van der Waals surface area contributed by atoms with Crippen molar-refractivity contribution in [1.82, 2.24) is 4.98 Å². The second-order valence-electron chi connectivity index (χ2n) is 5.74. The first-order chi connectivity index (χ1) is 12.4. The Bertz CT molecular complexity index is 956. The first kappa shape index (κ1) is 18.0. The summed E-state index contributed by atoms with van der Waals surface area (Å²) >= 11 is 1.26. The quantitative estimate of drug-likeness (QED) is 0.684. The van der Waals surface area contributed by atoms with Crippen LogP contribution in [-0.2, 0) is 13.0 Å². The maximum atomic E-state index is 13.8. The number of thiazole rings is 1. The summed E-state index contributed by atoms with van der Waals surface area (Å²) < 4.78 is 32.5. The van der Waals surface area contributed by atoms with Gasteiger partial charge in [-0.05, 0) is 25.1 Å². The second kappa shape index (κ2) is 7.61. The van der Waals surface area contributed by atoms with Crippen LogP contribution in [0, 0.1) is 18.6 Å². The molecule has 0 saturated carbocycles. The molecule has 3 aromatic rings. The van der Waals surface area contributed by atoms with E-state index in [-0.39, 0.29) is 17.9 Å². The number of hydrogen-bond acceptors (Lipinski definition) is 4. The maximum absolute atomic E-state index is 13.8. The predicted octanol–water partition coefficient (Wildman–Crippen LogP) is 4.60. The fraction of sp³-hybridized carbons (Fsp3) is 0.158. The second-order valence-corrected chi connectivity index (χ2v) is 6.69. The standard InChI is InChI=1S/C19H15F2NO3S/c1-11-2-5-17(25-9-12-3-4-14(20)8-15(12)21)13(6-11)7-18-22-16(10-26-18)19(23)24/h2-6,8,10H,7,9H2,1H3,(H,23,24). The summed E-state index contributed by atoms with van der Waals surface area (Å²) in [4.78, 5) is 15.0. The molecule has 134 valence electrons. The Morgan fingerprint density at radius 1 is 1.19 bits per heavy atom. The number of halogens is 2. The van der Waals surface area contributed by atoms with Crippen molar-refractivity contribution in [2.45, 2.75) is 20.0 Å². The number of ether oxygens (including phenoxy) is 1. The number of carboxylic acids is 1. The van der Waals surface area contributed by atoms with Gasteiger partial charge in [0.2, 0.25) is 0 Å². The molecule has 1 heterocycles. The normalized spacial score (nSPS) is 10.7. The highest BCUT2D eigenvalue weighted by Gasteiger charge is 2.13. The molecule has 0 atom stereocenters. The molecular weight excluding hydrogens is 360 g/mol. The first-order valence-electron chi connectivity index (χ1n) is 7.76. The zero-order valence-corrected chi connectivity index (χ0v) is 14.6. The molecule has 1 N–H and O–H groups in total. The number of carboxylic acid groups (broad SMARTS) is 1. The van der Waals surface area contributed by atoms with Gasteiger partial charge in [0.25, 0.3) is 0 Å². The maximum Gasteiger partial charge on any atom is 0.355 e. The van der Waals surface area contributed by atoms with E-state index >= 15 is 0 Å². The van der Waals surface area contributed by atoms with E-state index in [9.17, 15) is 13.6 Å². The largest absolute Gasteiger partial charge is 0.489 e. The number of hydrogen-bond donors (Lipinski definition) is 1. The van der Waals surface area contributed by atoms with E-state index in [1.165, 1.54) is 28.8 Å². The lowest BCUT2D eigenvalue weighted by atomic mass is 10.1. The number of benzene rings is 2. The molecule has 0 aliphatic heterocycles. The summed E-state index contributed by atoms with van der Waals surface area (Å²) in [5.41, 5.74) is 2.09. The van der Waals surface area contributed by atoms with Crippen LogP contribution >= 0.6 is 11.3 Å². The first-order valence-corrected chi connectivity index (χ1v) is 8.64. The van der Waals surface area contributed by atoms with Crippen LogP contribution in [0.15, 0.2) is 41.8 Å². The average Bonchev–Trinajstić information content (AvgIpc) is 3.04. The minimum atomic E-state index is -1.07. The summed E-state index contributed by atoms with van der Waals surface area (Å²) in [6.45, 7) is 1.89. The summed E-state index contributed by atoms with van der Waals surface area (Å²) in [6.07, 6.45) is 0.404. The minimum Gasteiger partial charge on any atom is -0.489 e. The van der Waals surface area contributed by atoms with Crippen LogP contribution in [0.4, 0.5) is 8.78 Å². The fourth-order valence-electron chi connectivity index (χ4n) is 2.43. The van der Waals surface area contributed by atoms with E-state index in [2.05, 4.69) is 4.98 Å². The van der Waals surface area contributed by atoms with Crippen molar-refractivity contribution in [3.05, 3.63) is 80.8 Å². The molecular formula is C19H15F2NO3S. The molecule has 0 unspecified atom stereocenters. The van der Waals surface area contributed by atoms with Crippen LogP contribution in [0.3, 0.4) is 0 Å². The third kappa shape index (κ3) is 4.23.